The number of carboxylic acids is 1. The van der Waals surface area contributed by atoms with Crippen LogP contribution in [-0.4, -0.2) is 33.3 Å². The molecule has 0 spiro atoms. The Balaban J connectivity index is 2.41. The van der Waals surface area contributed by atoms with Crippen molar-refractivity contribution in [3.8, 4) is 0 Å². The molecule has 0 aromatic carbocycles. The van der Waals surface area contributed by atoms with Gasteiger partial charge < -0.3 is 10.4 Å². The highest BCUT2D eigenvalue weighted by molar-refractivity contribution is 5.95. The molecule has 6 nitrogen and oxygen atoms in total. The van der Waals surface area contributed by atoms with Crippen molar-refractivity contribution >= 4 is 11.9 Å². The molecule has 1 aromatic heterocycles. The van der Waals surface area contributed by atoms with E-state index >= 15 is 0 Å². The molecule has 0 aliphatic heterocycles. The Bertz CT molecular complexity index is 398. The minimum absolute atomic E-state index is 0.0618. The topological polar surface area (TPSA) is 84.2 Å². The number of hydrogen-bond acceptors (Lipinski definition) is 3. The number of carbonyl (C=O) groups is 2. The number of carbonyl (C=O) groups excluding carboxylic acids is 1. The van der Waals surface area contributed by atoms with E-state index in [0.29, 0.717) is 18.5 Å². The summed E-state index contributed by atoms with van der Waals surface area (Å²) in [4.78, 5) is 21.9. The lowest BCUT2D eigenvalue weighted by Crippen LogP contribution is -2.25. The molecule has 0 fully saturated rings. The number of hydrogen-bond donors (Lipinski definition) is 2. The van der Waals surface area contributed by atoms with Gasteiger partial charge >= 0.3 is 5.97 Å². The molecular weight excluding hydrogens is 210 g/mol. The van der Waals surface area contributed by atoms with Gasteiger partial charge in [-0.05, 0) is 13.3 Å². The van der Waals surface area contributed by atoms with E-state index in [1.54, 1.807) is 18.7 Å². The first kappa shape index (κ1) is 12.2. The largest absolute Gasteiger partial charge is 0.481 e. The second-order valence-electron chi connectivity index (χ2n) is 3.52. The van der Waals surface area contributed by atoms with Crippen LogP contribution in [0.1, 0.15) is 28.9 Å². The minimum Gasteiger partial charge on any atom is -0.481 e. The minimum atomic E-state index is -0.855. The summed E-state index contributed by atoms with van der Waals surface area (Å²) in [5.74, 6) is -1.07. The number of carboxylic acid groups (broad SMARTS) is 1. The number of rotatable bonds is 5. The summed E-state index contributed by atoms with van der Waals surface area (Å²) in [6.07, 6.45) is 1.99. The second kappa shape index (κ2) is 5.29. The van der Waals surface area contributed by atoms with Crippen molar-refractivity contribution in [1.29, 1.82) is 0 Å². The Morgan fingerprint density at radius 1 is 1.56 bits per heavy atom. The van der Waals surface area contributed by atoms with Crippen LogP contribution >= 0.6 is 0 Å². The predicted molar refractivity (Wildman–Crippen MR) is 57.1 cm³/mol. The lowest BCUT2D eigenvalue weighted by Gasteiger charge is -2.03. The average molecular weight is 225 g/mol. The molecule has 1 heterocycles. The lowest BCUT2D eigenvalue weighted by atomic mass is 10.2. The molecule has 16 heavy (non-hydrogen) atoms. The fourth-order valence-electron chi connectivity index (χ4n) is 1.26. The van der Waals surface area contributed by atoms with Crippen molar-refractivity contribution in [3.05, 3.63) is 17.5 Å². The Hall–Kier alpha value is -1.85. The first-order valence-electron chi connectivity index (χ1n) is 5.01. The van der Waals surface area contributed by atoms with Crippen molar-refractivity contribution in [2.75, 3.05) is 6.54 Å². The van der Waals surface area contributed by atoms with Gasteiger partial charge in [-0.15, -0.1) is 0 Å². The third-order valence-corrected chi connectivity index (χ3v) is 2.33. The van der Waals surface area contributed by atoms with Crippen molar-refractivity contribution in [2.24, 2.45) is 7.05 Å². The maximum Gasteiger partial charge on any atom is 0.303 e. The molecule has 0 aliphatic carbocycles. The molecule has 6 heteroatoms. The van der Waals surface area contributed by atoms with Gasteiger partial charge in [0.15, 0.2) is 0 Å². The molecule has 0 saturated heterocycles. The molecule has 1 rings (SSSR count). The van der Waals surface area contributed by atoms with Gasteiger partial charge in [-0.2, -0.15) is 5.10 Å². The van der Waals surface area contributed by atoms with Gasteiger partial charge in [-0.3, -0.25) is 14.3 Å². The highest BCUT2D eigenvalue weighted by Crippen LogP contribution is 2.04. The molecular formula is C10H15N3O3. The Morgan fingerprint density at radius 2 is 2.25 bits per heavy atom. The monoisotopic (exact) mass is 225 g/mol. The third kappa shape index (κ3) is 3.08. The number of nitrogens with zero attached hydrogens (tertiary/aromatic N) is 2. The van der Waals surface area contributed by atoms with Crippen LogP contribution in [0, 0.1) is 6.92 Å². The summed E-state index contributed by atoms with van der Waals surface area (Å²) >= 11 is 0. The summed E-state index contributed by atoms with van der Waals surface area (Å²) < 4.78 is 1.62. The van der Waals surface area contributed by atoms with Gasteiger partial charge in [0.1, 0.15) is 0 Å². The first-order chi connectivity index (χ1) is 7.52. The Labute approximate surface area is 93.3 Å². The van der Waals surface area contributed by atoms with Crippen LogP contribution in [0.4, 0.5) is 0 Å². The highest BCUT2D eigenvalue weighted by atomic mass is 16.4. The second-order valence-corrected chi connectivity index (χ2v) is 3.52. The van der Waals surface area contributed by atoms with Crippen LogP contribution in [0.5, 0.6) is 0 Å². The number of aryl methyl sites for hydroxylation is 1. The van der Waals surface area contributed by atoms with Gasteiger partial charge in [0.2, 0.25) is 0 Å². The molecule has 0 radical (unpaired) electrons. The molecule has 1 amide bonds. The SMILES string of the molecule is Cc1c(C(=O)NCCCC(=O)O)cnn1C. The highest BCUT2D eigenvalue weighted by Gasteiger charge is 2.11. The predicted octanol–water partition coefficient (Wildman–Crippen LogP) is 0.323. The molecule has 0 bridgehead atoms. The van der Waals surface area contributed by atoms with E-state index in [4.69, 9.17) is 5.11 Å². The van der Waals surface area contributed by atoms with E-state index in [9.17, 15) is 9.59 Å². The third-order valence-electron chi connectivity index (χ3n) is 2.33. The molecule has 0 unspecified atom stereocenters. The first-order valence-corrected chi connectivity index (χ1v) is 5.01. The molecule has 0 aliphatic rings. The summed E-state index contributed by atoms with van der Waals surface area (Å²) in [5.41, 5.74) is 1.31. The fourth-order valence-corrected chi connectivity index (χ4v) is 1.26. The van der Waals surface area contributed by atoms with Crippen LogP contribution in [0.25, 0.3) is 0 Å². The fraction of sp³-hybridized carbons (Fsp3) is 0.500. The molecule has 88 valence electrons. The number of aromatic nitrogens is 2. The zero-order chi connectivity index (χ0) is 12.1. The van der Waals surface area contributed by atoms with Gasteiger partial charge in [-0.25, -0.2) is 0 Å². The van der Waals surface area contributed by atoms with E-state index in [2.05, 4.69) is 10.4 Å². The van der Waals surface area contributed by atoms with Crippen molar-refractivity contribution in [2.45, 2.75) is 19.8 Å². The van der Waals surface area contributed by atoms with Gasteiger partial charge in [0.05, 0.1) is 11.8 Å². The lowest BCUT2D eigenvalue weighted by molar-refractivity contribution is -0.137. The van der Waals surface area contributed by atoms with Gasteiger partial charge in [0, 0.05) is 25.7 Å². The van der Waals surface area contributed by atoms with E-state index in [0.717, 1.165) is 5.69 Å². The van der Waals surface area contributed by atoms with Gasteiger partial charge in [-0.1, -0.05) is 0 Å². The number of aliphatic carboxylic acids is 1. The van der Waals surface area contributed by atoms with Crippen molar-refractivity contribution < 1.29 is 14.7 Å². The summed E-state index contributed by atoms with van der Waals surface area (Å²) in [6.45, 7) is 2.17. The number of nitrogens with one attached hydrogen (secondary N) is 1. The molecule has 0 saturated carbocycles. The Kier molecular flexibility index (Phi) is 4.04. The number of amides is 1. The van der Waals surface area contributed by atoms with Crippen LogP contribution in [0.3, 0.4) is 0 Å². The standard InChI is InChI=1S/C10H15N3O3/c1-7-8(6-12-13(7)2)10(16)11-5-3-4-9(14)15/h6H,3-5H2,1-2H3,(H,11,16)(H,14,15). The summed E-state index contributed by atoms with van der Waals surface area (Å²) in [7, 11) is 1.76. The van der Waals surface area contributed by atoms with Crippen molar-refractivity contribution in [1.82, 2.24) is 15.1 Å². The van der Waals surface area contributed by atoms with E-state index < -0.39 is 5.97 Å². The van der Waals surface area contributed by atoms with Crippen LogP contribution < -0.4 is 5.32 Å². The zero-order valence-electron chi connectivity index (χ0n) is 9.36. The van der Waals surface area contributed by atoms with Crippen LogP contribution in [0.15, 0.2) is 6.20 Å². The molecule has 1 aromatic rings. The quantitative estimate of drug-likeness (QED) is 0.707. The van der Waals surface area contributed by atoms with E-state index in [-0.39, 0.29) is 12.3 Å². The van der Waals surface area contributed by atoms with Gasteiger partial charge in [0.25, 0.3) is 5.91 Å². The van der Waals surface area contributed by atoms with Crippen LogP contribution in [0.2, 0.25) is 0 Å². The maximum atomic E-state index is 11.6. The normalized spacial score (nSPS) is 10.1. The smallest absolute Gasteiger partial charge is 0.303 e. The van der Waals surface area contributed by atoms with Crippen molar-refractivity contribution in [3.63, 3.8) is 0 Å². The molecule has 0 atom stereocenters. The van der Waals surface area contributed by atoms with Crippen LogP contribution in [-0.2, 0) is 11.8 Å². The summed E-state index contributed by atoms with van der Waals surface area (Å²) in [6, 6.07) is 0. The van der Waals surface area contributed by atoms with E-state index in [1.165, 1.54) is 6.20 Å². The average Bonchev–Trinajstić information content (AvgIpc) is 2.54. The Morgan fingerprint density at radius 3 is 2.75 bits per heavy atom. The van der Waals surface area contributed by atoms with E-state index in [1.807, 2.05) is 0 Å². The maximum absolute atomic E-state index is 11.6. The molecule has 2 N–H and O–H groups in total. The summed E-state index contributed by atoms with van der Waals surface area (Å²) in [5, 5.41) is 15.0. The zero-order valence-corrected chi connectivity index (χ0v) is 9.36.